The molecule has 0 aliphatic carbocycles. The Morgan fingerprint density at radius 1 is 1.58 bits per heavy atom. The number of aryl methyl sites for hydroxylation is 1. The van der Waals surface area contributed by atoms with Crippen LogP contribution in [0.25, 0.3) is 0 Å². The van der Waals surface area contributed by atoms with E-state index in [1.54, 1.807) is 23.0 Å². The zero-order valence-electron chi connectivity index (χ0n) is 10.3. The lowest BCUT2D eigenvalue weighted by Crippen LogP contribution is -2.23. The summed E-state index contributed by atoms with van der Waals surface area (Å²) >= 11 is 1.28. The SMILES string of the molecule is Cn1cnnc1CNC(=O)c1ccc(C#CCO)s1. The summed E-state index contributed by atoms with van der Waals surface area (Å²) in [5.41, 5.74) is 0. The van der Waals surface area contributed by atoms with Gasteiger partial charge >= 0.3 is 0 Å². The van der Waals surface area contributed by atoms with Crippen molar-refractivity contribution in [3.63, 3.8) is 0 Å². The van der Waals surface area contributed by atoms with Gasteiger partial charge in [-0.1, -0.05) is 11.8 Å². The monoisotopic (exact) mass is 276 g/mol. The normalized spacial score (nSPS) is 9.79. The second-order valence-corrected chi connectivity index (χ2v) is 4.75. The maximum Gasteiger partial charge on any atom is 0.261 e. The number of aliphatic hydroxyl groups is 1. The molecule has 0 radical (unpaired) electrons. The van der Waals surface area contributed by atoms with Gasteiger partial charge in [0.15, 0.2) is 5.82 Å². The molecule has 98 valence electrons. The first kappa shape index (κ1) is 13.3. The number of rotatable bonds is 3. The van der Waals surface area contributed by atoms with Crippen molar-refractivity contribution in [1.29, 1.82) is 0 Å². The number of thiophene rings is 1. The van der Waals surface area contributed by atoms with Crippen LogP contribution in [0.1, 0.15) is 20.4 Å². The molecular weight excluding hydrogens is 264 g/mol. The van der Waals surface area contributed by atoms with Crippen molar-refractivity contribution >= 4 is 17.2 Å². The standard InChI is InChI=1S/C12H12N4O2S/c1-16-8-14-15-11(16)7-13-12(18)10-5-4-9(19-10)3-2-6-17/h4-5,8,17H,6-7H2,1H3,(H,13,18). The average molecular weight is 276 g/mol. The van der Waals surface area contributed by atoms with Gasteiger partial charge in [0.25, 0.3) is 5.91 Å². The molecule has 2 N–H and O–H groups in total. The fourth-order valence-corrected chi connectivity index (χ4v) is 2.16. The van der Waals surface area contributed by atoms with Gasteiger partial charge in [0.2, 0.25) is 0 Å². The molecule has 0 aliphatic heterocycles. The Hall–Kier alpha value is -2.17. The van der Waals surface area contributed by atoms with Crippen LogP contribution in [-0.4, -0.2) is 32.4 Å². The fraction of sp³-hybridized carbons (Fsp3) is 0.250. The van der Waals surface area contributed by atoms with Gasteiger partial charge in [-0.25, -0.2) is 0 Å². The summed E-state index contributed by atoms with van der Waals surface area (Å²) in [6.45, 7) is 0.135. The number of nitrogens with zero attached hydrogens (tertiary/aromatic N) is 3. The maximum atomic E-state index is 11.9. The number of hydrogen-bond donors (Lipinski definition) is 2. The number of aliphatic hydroxyl groups excluding tert-OH is 1. The molecule has 0 bridgehead atoms. The largest absolute Gasteiger partial charge is 0.384 e. The van der Waals surface area contributed by atoms with Crippen LogP contribution in [0.15, 0.2) is 18.5 Å². The first-order valence-electron chi connectivity index (χ1n) is 5.51. The number of aromatic nitrogens is 3. The lowest BCUT2D eigenvalue weighted by Gasteiger charge is -2.02. The van der Waals surface area contributed by atoms with Crippen LogP contribution in [0.4, 0.5) is 0 Å². The van der Waals surface area contributed by atoms with Crippen molar-refractivity contribution in [1.82, 2.24) is 20.1 Å². The second-order valence-electron chi connectivity index (χ2n) is 3.66. The van der Waals surface area contributed by atoms with Gasteiger partial charge in [0, 0.05) is 7.05 Å². The van der Waals surface area contributed by atoms with Crippen LogP contribution in [-0.2, 0) is 13.6 Å². The van der Waals surface area contributed by atoms with E-state index in [1.807, 2.05) is 7.05 Å². The van der Waals surface area contributed by atoms with Gasteiger partial charge in [-0.2, -0.15) is 0 Å². The maximum absolute atomic E-state index is 11.9. The number of amides is 1. The molecule has 1 amide bonds. The molecule has 0 saturated heterocycles. The molecule has 6 nitrogen and oxygen atoms in total. The van der Waals surface area contributed by atoms with Crippen LogP contribution in [0.2, 0.25) is 0 Å². The summed E-state index contributed by atoms with van der Waals surface area (Å²) in [5.74, 6) is 5.81. The highest BCUT2D eigenvalue weighted by atomic mass is 32.1. The highest BCUT2D eigenvalue weighted by Gasteiger charge is 2.09. The summed E-state index contributed by atoms with van der Waals surface area (Å²) in [7, 11) is 1.81. The van der Waals surface area contributed by atoms with Crippen LogP contribution in [0.3, 0.4) is 0 Å². The zero-order chi connectivity index (χ0) is 13.7. The smallest absolute Gasteiger partial charge is 0.261 e. The second kappa shape index (κ2) is 6.13. The van der Waals surface area contributed by atoms with E-state index in [1.165, 1.54) is 11.3 Å². The lowest BCUT2D eigenvalue weighted by molar-refractivity contribution is 0.0953. The van der Waals surface area contributed by atoms with E-state index in [4.69, 9.17) is 5.11 Å². The predicted molar refractivity (Wildman–Crippen MR) is 70.5 cm³/mol. The molecule has 0 aliphatic rings. The molecule has 0 unspecified atom stereocenters. The van der Waals surface area contributed by atoms with E-state index in [9.17, 15) is 4.79 Å². The summed E-state index contributed by atoms with van der Waals surface area (Å²) in [6, 6.07) is 3.46. The van der Waals surface area contributed by atoms with E-state index < -0.39 is 0 Å². The average Bonchev–Trinajstić information content (AvgIpc) is 3.03. The van der Waals surface area contributed by atoms with Crippen molar-refractivity contribution in [3.8, 4) is 11.8 Å². The van der Waals surface area contributed by atoms with E-state index in [0.29, 0.717) is 17.2 Å². The Labute approximate surface area is 114 Å². The molecular formula is C12H12N4O2S. The van der Waals surface area contributed by atoms with Crippen LogP contribution in [0, 0.1) is 11.8 Å². The molecule has 19 heavy (non-hydrogen) atoms. The highest BCUT2D eigenvalue weighted by molar-refractivity contribution is 7.14. The molecule has 0 saturated carbocycles. The Morgan fingerprint density at radius 3 is 3.11 bits per heavy atom. The summed E-state index contributed by atoms with van der Waals surface area (Å²) in [6.07, 6.45) is 1.58. The van der Waals surface area contributed by atoms with Crippen molar-refractivity contribution in [3.05, 3.63) is 34.0 Å². The van der Waals surface area contributed by atoms with Gasteiger partial charge in [-0.3, -0.25) is 4.79 Å². The first-order chi connectivity index (χ1) is 9.20. The molecule has 0 fully saturated rings. The Bertz CT molecular complexity index is 635. The third-order valence-corrected chi connectivity index (χ3v) is 3.33. The topological polar surface area (TPSA) is 80.0 Å². The van der Waals surface area contributed by atoms with Gasteiger partial charge in [0.05, 0.1) is 16.3 Å². The van der Waals surface area contributed by atoms with Crippen molar-refractivity contribution in [2.75, 3.05) is 6.61 Å². The highest BCUT2D eigenvalue weighted by Crippen LogP contribution is 2.15. The Morgan fingerprint density at radius 2 is 2.42 bits per heavy atom. The molecule has 2 aromatic rings. The van der Waals surface area contributed by atoms with Crippen molar-refractivity contribution < 1.29 is 9.90 Å². The first-order valence-corrected chi connectivity index (χ1v) is 6.33. The molecule has 0 atom stereocenters. The van der Waals surface area contributed by atoms with Crippen LogP contribution >= 0.6 is 11.3 Å². The van der Waals surface area contributed by atoms with Gasteiger partial charge in [-0.15, -0.1) is 21.5 Å². The van der Waals surface area contributed by atoms with Crippen LogP contribution in [0.5, 0.6) is 0 Å². The van der Waals surface area contributed by atoms with Gasteiger partial charge in [0.1, 0.15) is 12.9 Å². The number of carbonyl (C=O) groups excluding carboxylic acids is 1. The lowest BCUT2D eigenvalue weighted by atomic mass is 10.4. The number of carbonyl (C=O) groups is 1. The molecule has 2 rings (SSSR count). The van der Waals surface area contributed by atoms with E-state index in [-0.39, 0.29) is 12.5 Å². The third-order valence-electron chi connectivity index (χ3n) is 2.33. The summed E-state index contributed by atoms with van der Waals surface area (Å²) in [4.78, 5) is 13.2. The molecule has 2 aromatic heterocycles. The van der Waals surface area contributed by atoms with Crippen molar-refractivity contribution in [2.24, 2.45) is 7.05 Å². The minimum atomic E-state index is -0.189. The van der Waals surface area contributed by atoms with Gasteiger partial charge in [-0.05, 0) is 12.1 Å². The third kappa shape index (κ3) is 3.40. The molecule has 0 spiro atoms. The quantitative estimate of drug-likeness (QED) is 0.782. The fourth-order valence-electron chi connectivity index (χ4n) is 1.37. The minimum Gasteiger partial charge on any atom is -0.384 e. The van der Waals surface area contributed by atoms with Crippen molar-refractivity contribution in [2.45, 2.75) is 6.54 Å². The zero-order valence-corrected chi connectivity index (χ0v) is 11.1. The van der Waals surface area contributed by atoms with E-state index in [2.05, 4.69) is 27.4 Å². The summed E-state index contributed by atoms with van der Waals surface area (Å²) < 4.78 is 1.74. The molecule has 2 heterocycles. The molecule has 7 heteroatoms. The van der Waals surface area contributed by atoms with Gasteiger partial charge < -0.3 is 15.0 Å². The Kier molecular flexibility index (Phi) is 4.28. The molecule has 0 aromatic carbocycles. The van der Waals surface area contributed by atoms with E-state index >= 15 is 0 Å². The summed E-state index contributed by atoms with van der Waals surface area (Å²) in [5, 5.41) is 19.0. The predicted octanol–water partition coefficient (Wildman–Crippen LogP) is 0.150. The number of hydrogen-bond acceptors (Lipinski definition) is 5. The number of nitrogens with one attached hydrogen (secondary N) is 1. The minimum absolute atomic E-state index is 0.176. The van der Waals surface area contributed by atoms with E-state index in [0.717, 1.165) is 4.88 Å². The Balaban J connectivity index is 1.96. The van der Waals surface area contributed by atoms with Crippen LogP contribution < -0.4 is 5.32 Å².